The Morgan fingerprint density at radius 3 is 3.00 bits per heavy atom. The molecule has 104 valence electrons. The summed E-state index contributed by atoms with van der Waals surface area (Å²) in [5.74, 6) is 2.43. The Morgan fingerprint density at radius 1 is 1.40 bits per heavy atom. The maximum atomic E-state index is 11.4. The lowest BCUT2D eigenvalue weighted by Crippen LogP contribution is -1.99. The third-order valence-electron chi connectivity index (χ3n) is 2.96. The molecular formula is C14H14N2O4. The van der Waals surface area contributed by atoms with Gasteiger partial charge in [-0.2, -0.15) is 4.98 Å². The second-order valence-corrected chi connectivity index (χ2v) is 4.86. The zero-order valence-electron chi connectivity index (χ0n) is 11.3. The van der Waals surface area contributed by atoms with Gasteiger partial charge >= 0.3 is 0 Å². The van der Waals surface area contributed by atoms with Crippen molar-refractivity contribution in [1.29, 1.82) is 0 Å². The van der Waals surface area contributed by atoms with E-state index in [0.29, 0.717) is 28.8 Å². The summed E-state index contributed by atoms with van der Waals surface area (Å²) in [5, 5.41) is 3.84. The number of benzene rings is 1. The van der Waals surface area contributed by atoms with Crippen LogP contribution < -0.4 is 9.47 Å². The molecule has 0 atom stereocenters. The fraction of sp³-hybridized carbons (Fsp3) is 0.357. The largest absolute Gasteiger partial charge is 0.485 e. The Bertz CT molecular complexity index is 648. The summed E-state index contributed by atoms with van der Waals surface area (Å²) in [4.78, 5) is 15.6. The van der Waals surface area contributed by atoms with Gasteiger partial charge < -0.3 is 14.0 Å². The molecule has 1 aromatic carbocycles. The first-order valence-corrected chi connectivity index (χ1v) is 6.39. The van der Waals surface area contributed by atoms with E-state index in [9.17, 15) is 4.79 Å². The molecule has 2 aromatic rings. The number of Topliss-reactive ketones (excluding diaryl/α,β-unsaturated/α-hetero) is 1. The van der Waals surface area contributed by atoms with E-state index in [1.54, 1.807) is 18.2 Å². The number of fused-ring (bicyclic) bond motifs is 1. The topological polar surface area (TPSA) is 74.5 Å². The summed E-state index contributed by atoms with van der Waals surface area (Å²) in [7, 11) is 0. The van der Waals surface area contributed by atoms with Crippen molar-refractivity contribution in [3.8, 4) is 11.5 Å². The van der Waals surface area contributed by atoms with Crippen LogP contribution in [0.15, 0.2) is 22.7 Å². The number of ketones is 1. The van der Waals surface area contributed by atoms with E-state index in [1.165, 1.54) is 0 Å². The van der Waals surface area contributed by atoms with Crippen LogP contribution in [-0.4, -0.2) is 22.5 Å². The van der Waals surface area contributed by atoms with Crippen LogP contribution in [0.2, 0.25) is 0 Å². The molecule has 0 fully saturated rings. The smallest absolute Gasteiger partial charge is 0.229 e. The van der Waals surface area contributed by atoms with Gasteiger partial charge in [0.15, 0.2) is 13.2 Å². The minimum atomic E-state index is -0.00806. The van der Waals surface area contributed by atoms with Gasteiger partial charge in [0.2, 0.25) is 17.5 Å². The first kappa shape index (κ1) is 12.7. The first-order valence-electron chi connectivity index (χ1n) is 6.39. The number of aromatic nitrogens is 2. The molecule has 0 unspecified atom stereocenters. The number of carbonyl (C=O) groups excluding carboxylic acids is 1. The van der Waals surface area contributed by atoms with Crippen molar-refractivity contribution in [1.82, 2.24) is 10.1 Å². The molecule has 1 aliphatic rings. The van der Waals surface area contributed by atoms with Crippen LogP contribution in [0.4, 0.5) is 0 Å². The second kappa shape index (κ2) is 4.96. The van der Waals surface area contributed by atoms with E-state index in [-0.39, 0.29) is 24.9 Å². The van der Waals surface area contributed by atoms with Gasteiger partial charge in [0, 0.05) is 12.0 Å². The number of hydrogen-bond acceptors (Lipinski definition) is 6. The van der Waals surface area contributed by atoms with Gasteiger partial charge in [-0.15, -0.1) is 0 Å². The van der Waals surface area contributed by atoms with Crippen LogP contribution in [0, 0.1) is 0 Å². The normalized spacial score (nSPS) is 13.4. The van der Waals surface area contributed by atoms with E-state index in [1.807, 2.05) is 13.8 Å². The average molecular weight is 274 g/mol. The fourth-order valence-electron chi connectivity index (χ4n) is 1.87. The van der Waals surface area contributed by atoms with E-state index in [0.717, 1.165) is 0 Å². The standard InChI is InChI=1S/C14H14N2O4/c1-8(2)14-15-13(16-20-14)7-18-9-3-4-10-11(17)6-19-12(10)5-9/h3-5,8H,6-7H2,1-2H3. The predicted molar refractivity (Wildman–Crippen MR) is 69.0 cm³/mol. The Hall–Kier alpha value is -2.37. The first-order chi connectivity index (χ1) is 9.63. The van der Waals surface area contributed by atoms with Crippen LogP contribution in [0.3, 0.4) is 0 Å². The van der Waals surface area contributed by atoms with E-state index in [4.69, 9.17) is 14.0 Å². The van der Waals surface area contributed by atoms with E-state index >= 15 is 0 Å². The lowest BCUT2D eigenvalue weighted by atomic mass is 10.1. The van der Waals surface area contributed by atoms with Gasteiger partial charge in [-0.05, 0) is 12.1 Å². The molecule has 2 heterocycles. The Balaban J connectivity index is 1.68. The van der Waals surface area contributed by atoms with Crippen LogP contribution in [0.1, 0.15) is 41.8 Å². The van der Waals surface area contributed by atoms with Crippen molar-refractivity contribution >= 4 is 5.78 Å². The second-order valence-electron chi connectivity index (χ2n) is 4.86. The van der Waals surface area contributed by atoms with Gasteiger partial charge in [-0.1, -0.05) is 19.0 Å². The maximum absolute atomic E-state index is 11.4. The van der Waals surface area contributed by atoms with Crippen LogP contribution >= 0.6 is 0 Å². The molecule has 0 bridgehead atoms. The van der Waals surface area contributed by atoms with Gasteiger partial charge in [-0.25, -0.2) is 0 Å². The molecule has 3 rings (SSSR count). The van der Waals surface area contributed by atoms with Crippen molar-refractivity contribution in [2.24, 2.45) is 0 Å². The van der Waals surface area contributed by atoms with Gasteiger partial charge in [-0.3, -0.25) is 4.79 Å². The van der Waals surface area contributed by atoms with Crippen LogP contribution in [0.25, 0.3) is 0 Å². The van der Waals surface area contributed by atoms with Crippen molar-refractivity contribution in [3.63, 3.8) is 0 Å². The highest BCUT2D eigenvalue weighted by Crippen LogP contribution is 2.29. The summed E-state index contributed by atoms with van der Waals surface area (Å²) >= 11 is 0. The zero-order valence-corrected chi connectivity index (χ0v) is 11.3. The number of hydrogen-bond donors (Lipinski definition) is 0. The predicted octanol–water partition coefficient (Wildman–Crippen LogP) is 2.35. The highest BCUT2D eigenvalue weighted by atomic mass is 16.5. The molecule has 0 saturated heterocycles. The lowest BCUT2D eigenvalue weighted by molar-refractivity contribution is 0.0961. The molecule has 6 heteroatoms. The summed E-state index contributed by atoms with van der Waals surface area (Å²) in [5.41, 5.74) is 0.596. The zero-order chi connectivity index (χ0) is 14.1. The minimum absolute atomic E-state index is 0.00806. The summed E-state index contributed by atoms with van der Waals surface area (Å²) in [6.07, 6.45) is 0. The van der Waals surface area contributed by atoms with Gasteiger partial charge in [0.05, 0.1) is 5.56 Å². The van der Waals surface area contributed by atoms with E-state index in [2.05, 4.69) is 10.1 Å². The Labute approximate surface area is 115 Å². The quantitative estimate of drug-likeness (QED) is 0.852. The molecule has 0 spiro atoms. The molecule has 20 heavy (non-hydrogen) atoms. The molecule has 0 aliphatic carbocycles. The van der Waals surface area contributed by atoms with Crippen LogP contribution in [-0.2, 0) is 6.61 Å². The number of nitrogens with zero attached hydrogens (tertiary/aromatic N) is 2. The Kier molecular flexibility index (Phi) is 3.14. The summed E-state index contributed by atoms with van der Waals surface area (Å²) < 4.78 is 15.9. The van der Waals surface area contributed by atoms with Gasteiger partial charge in [0.25, 0.3) is 0 Å². The molecule has 0 N–H and O–H groups in total. The molecule has 1 aliphatic heterocycles. The lowest BCUT2D eigenvalue weighted by Gasteiger charge is -2.04. The fourth-order valence-corrected chi connectivity index (χ4v) is 1.87. The molecular weight excluding hydrogens is 260 g/mol. The maximum Gasteiger partial charge on any atom is 0.229 e. The third-order valence-corrected chi connectivity index (χ3v) is 2.96. The highest BCUT2D eigenvalue weighted by molar-refractivity contribution is 6.02. The molecule has 1 aromatic heterocycles. The highest BCUT2D eigenvalue weighted by Gasteiger charge is 2.21. The van der Waals surface area contributed by atoms with Crippen molar-refractivity contribution < 1.29 is 18.8 Å². The third kappa shape index (κ3) is 2.36. The SMILES string of the molecule is CC(C)c1nc(COc2ccc3c(c2)OCC3=O)no1. The van der Waals surface area contributed by atoms with Crippen LogP contribution in [0.5, 0.6) is 11.5 Å². The van der Waals surface area contributed by atoms with Gasteiger partial charge in [0.1, 0.15) is 11.5 Å². The van der Waals surface area contributed by atoms with Crippen molar-refractivity contribution in [2.75, 3.05) is 6.61 Å². The molecule has 0 saturated carbocycles. The summed E-state index contributed by atoms with van der Waals surface area (Å²) in [6.45, 7) is 4.27. The Morgan fingerprint density at radius 2 is 2.25 bits per heavy atom. The van der Waals surface area contributed by atoms with Crippen molar-refractivity contribution in [3.05, 3.63) is 35.5 Å². The summed E-state index contributed by atoms with van der Waals surface area (Å²) in [6, 6.07) is 5.13. The average Bonchev–Trinajstić information content (AvgIpc) is 3.04. The molecule has 0 amide bonds. The number of ether oxygens (including phenoxy) is 2. The van der Waals surface area contributed by atoms with Crippen molar-refractivity contribution in [2.45, 2.75) is 26.4 Å². The minimum Gasteiger partial charge on any atom is -0.485 e. The monoisotopic (exact) mass is 274 g/mol. The molecule has 0 radical (unpaired) electrons. The number of rotatable bonds is 4. The van der Waals surface area contributed by atoms with E-state index < -0.39 is 0 Å². The number of carbonyl (C=O) groups is 1. The molecule has 6 nitrogen and oxygen atoms in total.